The Morgan fingerprint density at radius 1 is 1.34 bits per heavy atom. The number of aromatic amines is 1. The van der Waals surface area contributed by atoms with Crippen molar-refractivity contribution in [2.75, 3.05) is 21.1 Å². The van der Waals surface area contributed by atoms with Crippen LogP contribution in [0.15, 0.2) is 65.6 Å². The number of nitrogens with one attached hydrogen (secondary N) is 3. The Morgan fingerprint density at radius 3 is 2.82 bits per heavy atom. The van der Waals surface area contributed by atoms with Crippen LogP contribution in [0.4, 0.5) is 5.82 Å². The molecule has 2 aromatic heterocycles. The number of aliphatic imine (C=N–C) groups is 1. The maximum atomic E-state index is 6.21. The molecule has 0 bridgehead atoms. The van der Waals surface area contributed by atoms with Crippen molar-refractivity contribution in [1.29, 1.82) is 0 Å². The largest absolute Gasteiger partial charge is 0.404 e. The number of hydrogen-bond acceptors (Lipinski definition) is 5. The first kappa shape index (κ1) is 25.9. The number of allylic oxidation sites excluding steroid dienone is 1. The van der Waals surface area contributed by atoms with E-state index in [-0.39, 0.29) is 12.2 Å². The third-order valence-corrected chi connectivity index (χ3v) is 7.97. The van der Waals surface area contributed by atoms with Crippen LogP contribution in [0, 0.1) is 6.92 Å². The molecule has 5 rings (SSSR count). The molecule has 3 unspecified atom stereocenters. The quantitative estimate of drug-likeness (QED) is 0.381. The normalized spacial score (nSPS) is 21.8. The van der Waals surface area contributed by atoms with E-state index in [1.807, 2.05) is 35.9 Å². The number of aryl methyl sites for hydroxylation is 2. The van der Waals surface area contributed by atoms with E-state index in [1.54, 1.807) is 6.20 Å². The second-order valence-electron chi connectivity index (χ2n) is 11.1. The van der Waals surface area contributed by atoms with Crippen molar-refractivity contribution in [3.8, 4) is 0 Å². The van der Waals surface area contributed by atoms with Crippen molar-refractivity contribution in [3.63, 3.8) is 0 Å². The fraction of sp³-hybridized carbons (Fsp3) is 0.400. The summed E-state index contributed by atoms with van der Waals surface area (Å²) in [6.07, 6.45) is 10.3. The van der Waals surface area contributed by atoms with Gasteiger partial charge in [-0.2, -0.15) is 14.8 Å². The molecular formula is C30H41N8+. The average molecular weight is 514 g/mol. The molecule has 0 amide bonds. The van der Waals surface area contributed by atoms with Gasteiger partial charge in [0.25, 0.3) is 0 Å². The molecule has 38 heavy (non-hydrogen) atoms. The molecule has 8 heteroatoms. The number of rotatable bonds is 6. The molecule has 0 radical (unpaired) electrons. The highest BCUT2D eigenvalue weighted by Gasteiger charge is 2.37. The molecule has 0 saturated carbocycles. The van der Waals surface area contributed by atoms with Crippen LogP contribution in [0.3, 0.4) is 0 Å². The van der Waals surface area contributed by atoms with E-state index in [9.17, 15) is 0 Å². The van der Waals surface area contributed by atoms with Gasteiger partial charge in [-0.15, -0.1) is 0 Å². The molecule has 3 heterocycles. The van der Waals surface area contributed by atoms with Crippen molar-refractivity contribution >= 4 is 22.7 Å². The Kier molecular flexibility index (Phi) is 6.92. The van der Waals surface area contributed by atoms with Crippen LogP contribution < -0.4 is 16.0 Å². The zero-order valence-corrected chi connectivity index (χ0v) is 23.5. The number of likely N-dealkylation sites (N-methyl/N-ethyl adjacent to an activating group) is 2. The summed E-state index contributed by atoms with van der Waals surface area (Å²) in [7, 11) is 6.15. The second-order valence-corrected chi connectivity index (χ2v) is 11.1. The van der Waals surface area contributed by atoms with Gasteiger partial charge in [-0.25, -0.2) is 0 Å². The Balaban J connectivity index is 1.52. The van der Waals surface area contributed by atoms with Crippen LogP contribution in [0.2, 0.25) is 0 Å². The Labute approximate surface area is 225 Å². The minimum Gasteiger partial charge on any atom is -0.404 e. The zero-order valence-electron chi connectivity index (χ0n) is 23.5. The molecular weight excluding hydrogens is 472 g/mol. The van der Waals surface area contributed by atoms with Gasteiger partial charge in [-0.1, -0.05) is 38.6 Å². The second kappa shape index (κ2) is 10.2. The Morgan fingerprint density at radius 2 is 2.13 bits per heavy atom. The summed E-state index contributed by atoms with van der Waals surface area (Å²) in [6.45, 7) is 10.6. The van der Waals surface area contributed by atoms with Gasteiger partial charge in [0, 0.05) is 48.6 Å². The Hall–Kier alpha value is -3.78. The lowest BCUT2D eigenvalue weighted by Crippen LogP contribution is -3.10. The molecule has 5 N–H and O–H groups in total. The highest BCUT2D eigenvalue weighted by Crippen LogP contribution is 2.31. The van der Waals surface area contributed by atoms with E-state index >= 15 is 0 Å². The molecule has 8 nitrogen and oxygen atoms in total. The zero-order chi connectivity index (χ0) is 27.1. The fourth-order valence-electron chi connectivity index (χ4n) is 5.82. The lowest BCUT2D eigenvalue weighted by molar-refractivity contribution is -0.836. The van der Waals surface area contributed by atoms with Gasteiger partial charge in [-0.3, -0.25) is 4.90 Å². The summed E-state index contributed by atoms with van der Waals surface area (Å²) in [5.74, 6) is 2.25. The van der Waals surface area contributed by atoms with E-state index in [1.165, 1.54) is 33.3 Å². The number of nitrogens with two attached hydrogens (primary N) is 1. The standard InChI is InChI=1S/C30H40N8/c1-8-22(36(5)6)14-20(16-31)28-35-30(38-29(37(28)7)25(17-32-38)18(2)3)33-21-12-13-26-24(15-21)23-11-9-10-19(4)27(23)34-26/h8-11,14,16-18,21,28,34H,1,12-13,15,31H2,2-7H3,(H,33,35)/p+1. The molecule has 0 fully saturated rings. The van der Waals surface area contributed by atoms with Crippen LogP contribution in [-0.4, -0.2) is 59.0 Å². The van der Waals surface area contributed by atoms with Crippen molar-refractivity contribution in [2.24, 2.45) is 10.7 Å². The average Bonchev–Trinajstić information content (AvgIpc) is 3.50. The highest BCUT2D eigenvalue weighted by atomic mass is 15.5. The number of nitrogens with zero attached hydrogens (tertiary/aromatic N) is 4. The number of fused-ring (bicyclic) bond motifs is 4. The summed E-state index contributed by atoms with van der Waals surface area (Å²) in [4.78, 5) is 12.1. The predicted molar refractivity (Wildman–Crippen MR) is 156 cm³/mol. The molecule has 1 aliphatic carbocycles. The smallest absolute Gasteiger partial charge is 0.237 e. The van der Waals surface area contributed by atoms with Crippen molar-refractivity contribution < 1.29 is 4.90 Å². The van der Waals surface area contributed by atoms with E-state index in [4.69, 9.17) is 15.8 Å². The molecule has 0 spiro atoms. The van der Waals surface area contributed by atoms with Crippen molar-refractivity contribution in [1.82, 2.24) is 25.0 Å². The predicted octanol–water partition coefficient (Wildman–Crippen LogP) is 3.11. The van der Waals surface area contributed by atoms with Crippen molar-refractivity contribution in [3.05, 3.63) is 83.0 Å². The number of aromatic nitrogens is 3. The van der Waals surface area contributed by atoms with Crippen molar-refractivity contribution in [2.45, 2.75) is 58.2 Å². The van der Waals surface area contributed by atoms with Gasteiger partial charge < -0.3 is 20.9 Å². The molecule has 3 aromatic rings. The van der Waals surface area contributed by atoms with E-state index in [0.717, 1.165) is 47.2 Å². The summed E-state index contributed by atoms with van der Waals surface area (Å²) in [5.41, 5.74) is 14.7. The third kappa shape index (κ3) is 4.43. The van der Waals surface area contributed by atoms with Gasteiger partial charge >= 0.3 is 0 Å². The van der Waals surface area contributed by atoms with Crippen LogP contribution in [-0.2, 0) is 12.8 Å². The van der Waals surface area contributed by atoms with Crippen LogP contribution >= 0.6 is 0 Å². The fourth-order valence-corrected chi connectivity index (χ4v) is 5.82. The molecule has 200 valence electrons. The van der Waals surface area contributed by atoms with Gasteiger partial charge in [0.1, 0.15) is 0 Å². The lowest BCUT2D eigenvalue weighted by atomic mass is 9.91. The van der Waals surface area contributed by atoms with Gasteiger partial charge in [0.2, 0.25) is 17.9 Å². The number of para-hydroxylation sites is 1. The minimum atomic E-state index is -0.214. The molecule has 2 aliphatic rings. The van der Waals surface area contributed by atoms with E-state index in [0.29, 0.717) is 5.92 Å². The Bertz CT molecular complexity index is 1450. The number of benzene rings is 1. The first-order valence-electron chi connectivity index (χ1n) is 13.5. The molecule has 3 atom stereocenters. The number of H-pyrrole nitrogens is 1. The van der Waals surface area contributed by atoms with E-state index < -0.39 is 0 Å². The monoisotopic (exact) mass is 513 g/mol. The summed E-state index contributed by atoms with van der Waals surface area (Å²) >= 11 is 0. The highest BCUT2D eigenvalue weighted by molar-refractivity contribution is 5.88. The minimum absolute atomic E-state index is 0.214. The molecule has 1 aliphatic heterocycles. The molecule has 1 aromatic carbocycles. The lowest BCUT2D eigenvalue weighted by Gasteiger charge is -2.32. The van der Waals surface area contributed by atoms with Gasteiger partial charge in [0.05, 0.1) is 24.4 Å². The maximum absolute atomic E-state index is 6.21. The summed E-state index contributed by atoms with van der Waals surface area (Å²) in [5, 5.41) is 9.94. The van der Waals surface area contributed by atoms with Crippen LogP contribution in [0.1, 0.15) is 48.6 Å². The van der Waals surface area contributed by atoms with Crippen LogP contribution in [0.25, 0.3) is 10.9 Å². The first-order valence-corrected chi connectivity index (χ1v) is 13.5. The SMILES string of the molecule is C=CC(=CC(=CN)C1N=C(NC2CCc3[nH]c4c(C)cccc4c3C2)n2ncc(C(C)C)c2[NH+]1C)N(C)C. The number of hydrogen-bond donors (Lipinski definition) is 4. The summed E-state index contributed by atoms with van der Waals surface area (Å²) < 4.78 is 1.99. The van der Waals surface area contributed by atoms with Gasteiger partial charge in [-0.05, 0) is 55.4 Å². The van der Waals surface area contributed by atoms with Crippen LogP contribution in [0.5, 0.6) is 0 Å². The first-order chi connectivity index (χ1) is 18.2. The molecule has 0 saturated heterocycles. The van der Waals surface area contributed by atoms with E-state index in [2.05, 4.69) is 69.0 Å². The summed E-state index contributed by atoms with van der Waals surface area (Å²) in [6, 6.07) is 6.82. The van der Waals surface area contributed by atoms with Gasteiger partial charge in [0.15, 0.2) is 0 Å². The third-order valence-electron chi connectivity index (χ3n) is 7.97. The number of quaternary nitrogens is 1. The maximum Gasteiger partial charge on any atom is 0.237 e. The topological polar surface area (TPSA) is 91.7 Å².